The Kier molecular flexibility index (Phi) is 6.40. The van der Waals surface area contributed by atoms with Crippen molar-refractivity contribution >= 4 is 5.91 Å². The number of hydrogen-bond donors (Lipinski definition) is 0. The van der Waals surface area contributed by atoms with Crippen LogP contribution in [0.1, 0.15) is 19.2 Å². The number of amides is 1. The first-order valence-electron chi connectivity index (χ1n) is 8.90. The quantitative estimate of drug-likeness (QED) is 0.742. The van der Waals surface area contributed by atoms with Crippen LogP contribution < -0.4 is 9.47 Å². The molecule has 1 saturated heterocycles. The number of methoxy groups -OCH3 is 1. The number of carbonyl (C=O) groups excluding carboxylic acids is 1. The van der Waals surface area contributed by atoms with Crippen LogP contribution in [0.5, 0.6) is 11.5 Å². The molecule has 28 heavy (non-hydrogen) atoms. The molecule has 3 rings (SSSR count). The number of benzene rings is 1. The molecule has 2 aromatic rings. The Labute approximate surface area is 161 Å². The Morgan fingerprint density at radius 2 is 2.07 bits per heavy atom. The highest BCUT2D eigenvalue weighted by Crippen LogP contribution is 2.32. The van der Waals surface area contributed by atoms with Crippen LogP contribution in [0, 0.1) is 0 Å². The molecular weight excluding hydrogens is 374 g/mol. The van der Waals surface area contributed by atoms with Crippen LogP contribution in [0.4, 0.5) is 8.78 Å². The van der Waals surface area contributed by atoms with Gasteiger partial charge in [0.05, 0.1) is 13.7 Å². The molecule has 1 fully saturated rings. The average molecular weight is 396 g/mol. The summed E-state index contributed by atoms with van der Waals surface area (Å²) in [6.45, 7) is 2.07. The van der Waals surface area contributed by atoms with Crippen LogP contribution in [-0.2, 0) is 11.3 Å². The summed E-state index contributed by atoms with van der Waals surface area (Å²) in [5.41, 5.74) is 0.562. The van der Waals surface area contributed by atoms with Gasteiger partial charge in [-0.2, -0.15) is 13.8 Å². The van der Waals surface area contributed by atoms with Crippen molar-refractivity contribution in [3.63, 3.8) is 0 Å². The van der Waals surface area contributed by atoms with Gasteiger partial charge >= 0.3 is 6.61 Å². The summed E-state index contributed by atoms with van der Waals surface area (Å²) in [7, 11) is 1.36. The maximum absolute atomic E-state index is 12.4. The second-order valence-electron chi connectivity index (χ2n) is 6.39. The van der Waals surface area contributed by atoms with Crippen LogP contribution in [0.2, 0.25) is 0 Å². The lowest BCUT2D eigenvalue weighted by atomic mass is 10.2. The second-order valence-corrected chi connectivity index (χ2v) is 6.39. The van der Waals surface area contributed by atoms with Gasteiger partial charge in [-0.1, -0.05) is 5.16 Å². The van der Waals surface area contributed by atoms with Crippen LogP contribution in [0.15, 0.2) is 22.7 Å². The fourth-order valence-electron chi connectivity index (χ4n) is 3.07. The van der Waals surface area contributed by atoms with E-state index >= 15 is 0 Å². The Morgan fingerprint density at radius 3 is 2.79 bits per heavy atom. The van der Waals surface area contributed by atoms with E-state index in [4.69, 9.17) is 9.26 Å². The fraction of sp³-hybridized carbons (Fsp3) is 0.500. The molecule has 0 N–H and O–H groups in total. The molecule has 0 bridgehead atoms. The lowest BCUT2D eigenvalue weighted by Gasteiger charge is -2.19. The molecule has 0 aliphatic carbocycles. The second kappa shape index (κ2) is 8.96. The van der Waals surface area contributed by atoms with Crippen LogP contribution in [0.3, 0.4) is 0 Å². The number of hydrogen-bond acceptors (Lipinski definition) is 7. The Morgan fingerprint density at radius 1 is 1.25 bits per heavy atom. The van der Waals surface area contributed by atoms with Gasteiger partial charge in [0.1, 0.15) is 0 Å². The molecule has 10 heteroatoms. The van der Waals surface area contributed by atoms with Crippen molar-refractivity contribution in [1.82, 2.24) is 19.9 Å². The van der Waals surface area contributed by atoms with Gasteiger partial charge in [-0.3, -0.25) is 9.69 Å². The fourth-order valence-corrected chi connectivity index (χ4v) is 3.07. The van der Waals surface area contributed by atoms with Gasteiger partial charge in [-0.15, -0.1) is 0 Å². The van der Waals surface area contributed by atoms with Crippen molar-refractivity contribution in [2.24, 2.45) is 0 Å². The highest BCUT2D eigenvalue weighted by atomic mass is 19.3. The Balaban J connectivity index is 1.67. The summed E-state index contributed by atoms with van der Waals surface area (Å²) >= 11 is 0. The standard InChI is InChI=1S/C18H22F2N4O4/c1-12(25)24-7-3-6-23(8-9-24)11-16-21-17(22-28-16)13-4-5-14(27-18(19)20)15(10-13)26-2/h4-5,10,18H,3,6-9,11H2,1-2H3. The molecule has 8 nitrogen and oxygen atoms in total. The molecule has 0 radical (unpaired) electrons. The summed E-state index contributed by atoms with van der Waals surface area (Å²) in [5, 5.41) is 3.96. The normalized spacial score (nSPS) is 15.5. The van der Waals surface area contributed by atoms with Gasteiger partial charge in [-0.05, 0) is 24.6 Å². The Bertz CT molecular complexity index is 815. The smallest absolute Gasteiger partial charge is 0.387 e. The summed E-state index contributed by atoms with van der Waals surface area (Å²) in [6, 6.07) is 4.45. The molecule has 0 atom stereocenters. The maximum Gasteiger partial charge on any atom is 0.387 e. The summed E-state index contributed by atoms with van der Waals surface area (Å²) in [6.07, 6.45) is 0.878. The van der Waals surface area contributed by atoms with Crippen molar-refractivity contribution in [3.05, 3.63) is 24.1 Å². The minimum atomic E-state index is -2.94. The third-order valence-corrected chi connectivity index (χ3v) is 4.50. The Hall–Kier alpha value is -2.75. The summed E-state index contributed by atoms with van der Waals surface area (Å²) in [4.78, 5) is 19.9. The zero-order chi connectivity index (χ0) is 20.1. The van der Waals surface area contributed by atoms with E-state index in [9.17, 15) is 13.6 Å². The van der Waals surface area contributed by atoms with Gasteiger partial charge in [0, 0.05) is 38.7 Å². The van der Waals surface area contributed by atoms with Crippen molar-refractivity contribution in [2.45, 2.75) is 26.5 Å². The maximum atomic E-state index is 12.4. The van der Waals surface area contributed by atoms with Gasteiger partial charge in [0.25, 0.3) is 0 Å². The van der Waals surface area contributed by atoms with Gasteiger partial charge in [0.2, 0.25) is 17.6 Å². The predicted octanol–water partition coefficient (Wildman–Crippen LogP) is 2.40. The minimum Gasteiger partial charge on any atom is -0.493 e. The van der Waals surface area contributed by atoms with Crippen LogP contribution >= 0.6 is 0 Å². The monoisotopic (exact) mass is 396 g/mol. The highest BCUT2D eigenvalue weighted by Gasteiger charge is 2.19. The topological polar surface area (TPSA) is 80.9 Å². The molecular formula is C18H22F2N4O4. The molecule has 152 valence electrons. The number of halogens is 2. The zero-order valence-corrected chi connectivity index (χ0v) is 15.7. The van der Waals surface area contributed by atoms with E-state index in [1.807, 2.05) is 4.90 Å². The predicted molar refractivity (Wildman–Crippen MR) is 95.1 cm³/mol. The molecule has 1 aliphatic heterocycles. The molecule has 0 spiro atoms. The molecule has 1 aromatic heterocycles. The third kappa shape index (κ3) is 4.94. The molecule has 0 saturated carbocycles. The molecule has 1 aromatic carbocycles. The van der Waals surface area contributed by atoms with E-state index in [-0.39, 0.29) is 17.4 Å². The number of carbonyl (C=O) groups is 1. The van der Waals surface area contributed by atoms with Gasteiger partial charge < -0.3 is 18.9 Å². The number of ether oxygens (including phenoxy) is 2. The molecule has 0 unspecified atom stereocenters. The number of rotatable bonds is 6. The van der Waals surface area contributed by atoms with Crippen LogP contribution in [-0.4, -0.2) is 65.7 Å². The first-order valence-corrected chi connectivity index (χ1v) is 8.90. The minimum absolute atomic E-state index is 0.0652. The summed E-state index contributed by atoms with van der Waals surface area (Å²) in [5.74, 6) is 0.941. The van der Waals surface area contributed by atoms with Gasteiger partial charge in [-0.25, -0.2) is 0 Å². The van der Waals surface area contributed by atoms with Crippen molar-refractivity contribution < 1.29 is 27.6 Å². The van der Waals surface area contributed by atoms with E-state index in [2.05, 4.69) is 19.8 Å². The largest absolute Gasteiger partial charge is 0.493 e. The van der Waals surface area contributed by atoms with Crippen molar-refractivity contribution in [3.8, 4) is 22.9 Å². The third-order valence-electron chi connectivity index (χ3n) is 4.50. The van der Waals surface area contributed by atoms with Gasteiger partial charge in [0.15, 0.2) is 11.5 Å². The lowest BCUT2D eigenvalue weighted by molar-refractivity contribution is -0.128. The first kappa shape index (κ1) is 20.0. The first-order chi connectivity index (χ1) is 13.5. The van der Waals surface area contributed by atoms with E-state index in [0.717, 1.165) is 26.1 Å². The number of nitrogens with zero attached hydrogens (tertiary/aromatic N) is 4. The summed E-state index contributed by atoms with van der Waals surface area (Å²) < 4.78 is 39.7. The average Bonchev–Trinajstić information content (AvgIpc) is 2.99. The lowest BCUT2D eigenvalue weighted by Crippen LogP contribution is -2.33. The molecule has 2 heterocycles. The SMILES string of the molecule is COc1cc(-c2noc(CN3CCCN(C(C)=O)CC3)n2)ccc1OC(F)F. The van der Waals surface area contributed by atoms with E-state index in [0.29, 0.717) is 30.4 Å². The number of aromatic nitrogens is 2. The van der Waals surface area contributed by atoms with E-state index in [1.54, 1.807) is 13.0 Å². The van der Waals surface area contributed by atoms with Crippen molar-refractivity contribution in [1.29, 1.82) is 0 Å². The van der Waals surface area contributed by atoms with E-state index in [1.165, 1.54) is 19.2 Å². The van der Waals surface area contributed by atoms with E-state index < -0.39 is 6.61 Å². The highest BCUT2D eigenvalue weighted by molar-refractivity contribution is 5.73. The van der Waals surface area contributed by atoms with Crippen molar-refractivity contribution in [2.75, 3.05) is 33.3 Å². The van der Waals surface area contributed by atoms with Crippen LogP contribution in [0.25, 0.3) is 11.4 Å². The molecule has 1 amide bonds. The molecule has 1 aliphatic rings. The number of alkyl halides is 2. The zero-order valence-electron chi connectivity index (χ0n) is 15.7.